The molecule has 1 unspecified atom stereocenters. The minimum absolute atomic E-state index is 0.129. The van der Waals surface area contributed by atoms with Crippen LogP contribution in [0.2, 0.25) is 0 Å². The lowest BCUT2D eigenvalue weighted by atomic mass is 9.87. The monoisotopic (exact) mass is 403 g/mol. The molecule has 1 N–H and O–H groups in total. The number of nitrogens with one attached hydrogen (secondary N) is 1. The highest BCUT2D eigenvalue weighted by Gasteiger charge is 2.26. The van der Waals surface area contributed by atoms with Gasteiger partial charge in [0.15, 0.2) is 5.82 Å². The molecule has 6 heteroatoms. The number of hydrogen-bond acceptors (Lipinski definition) is 4. The summed E-state index contributed by atoms with van der Waals surface area (Å²) in [5, 5.41) is 9.74. The second kappa shape index (κ2) is 7.74. The molecule has 6 nitrogen and oxygen atoms in total. The van der Waals surface area contributed by atoms with E-state index in [0.717, 1.165) is 61.5 Å². The van der Waals surface area contributed by atoms with E-state index < -0.39 is 0 Å². The van der Waals surface area contributed by atoms with Crippen LogP contribution in [0.15, 0.2) is 30.3 Å². The first kappa shape index (κ1) is 19.1. The van der Waals surface area contributed by atoms with Gasteiger partial charge >= 0.3 is 0 Å². The molecule has 1 amide bonds. The van der Waals surface area contributed by atoms with Crippen LogP contribution in [0.25, 0.3) is 10.9 Å². The van der Waals surface area contributed by atoms with E-state index in [4.69, 9.17) is 0 Å². The molecule has 5 rings (SSSR count). The molecule has 0 spiro atoms. The molecule has 1 aliphatic carbocycles. The summed E-state index contributed by atoms with van der Waals surface area (Å²) < 4.78 is 0. The minimum Gasteiger partial charge on any atom is -0.358 e. The Kier molecular flexibility index (Phi) is 4.93. The molecule has 2 aliphatic rings. The number of para-hydroxylation sites is 1. The van der Waals surface area contributed by atoms with Gasteiger partial charge in [-0.1, -0.05) is 19.1 Å². The van der Waals surface area contributed by atoms with Crippen molar-refractivity contribution in [2.24, 2.45) is 5.92 Å². The van der Waals surface area contributed by atoms with E-state index in [9.17, 15) is 4.79 Å². The largest absolute Gasteiger partial charge is 0.358 e. The van der Waals surface area contributed by atoms with Crippen LogP contribution >= 0.6 is 0 Å². The van der Waals surface area contributed by atoms with E-state index >= 15 is 0 Å². The van der Waals surface area contributed by atoms with E-state index in [-0.39, 0.29) is 5.91 Å². The van der Waals surface area contributed by atoms with E-state index in [1.807, 2.05) is 36.1 Å². The van der Waals surface area contributed by atoms with Crippen LogP contribution in [-0.4, -0.2) is 52.2 Å². The molecule has 3 heterocycles. The Balaban J connectivity index is 1.38. The highest BCUT2D eigenvalue weighted by Crippen LogP contribution is 2.33. The fourth-order valence-corrected chi connectivity index (χ4v) is 4.87. The average Bonchev–Trinajstić information content (AvgIpc) is 2.94. The number of amides is 1. The van der Waals surface area contributed by atoms with Gasteiger partial charge in [-0.15, -0.1) is 5.10 Å². The number of rotatable bonds is 2. The second-order valence-corrected chi connectivity index (χ2v) is 8.82. The zero-order valence-corrected chi connectivity index (χ0v) is 17.8. The molecule has 1 aromatic carbocycles. The number of carbonyl (C=O) groups excluding carboxylic acids is 1. The maximum absolute atomic E-state index is 13.5. The van der Waals surface area contributed by atoms with Crippen molar-refractivity contribution < 1.29 is 4.79 Å². The Bertz CT molecular complexity index is 1070. The normalized spacial score (nSPS) is 19.6. The van der Waals surface area contributed by atoms with Crippen LogP contribution in [0, 0.1) is 12.8 Å². The predicted octanol–water partition coefficient (Wildman–Crippen LogP) is 3.74. The summed E-state index contributed by atoms with van der Waals surface area (Å²) in [5.41, 5.74) is 5.48. The smallest absolute Gasteiger partial charge is 0.256 e. The lowest BCUT2D eigenvalue weighted by Gasteiger charge is -2.22. The SMILES string of the molecule is Cc1ccc(N2CCCN(C(=O)c3cccc4c5c([nH]c34)CCC(C)C5)CC2)nn1. The number of H-pyrrole nitrogens is 1. The molecule has 0 radical (unpaired) electrons. The quantitative estimate of drug-likeness (QED) is 0.708. The molecule has 156 valence electrons. The van der Waals surface area contributed by atoms with Crippen LogP contribution in [0.3, 0.4) is 0 Å². The van der Waals surface area contributed by atoms with Gasteiger partial charge in [0.1, 0.15) is 0 Å². The van der Waals surface area contributed by atoms with Gasteiger partial charge in [0.25, 0.3) is 5.91 Å². The van der Waals surface area contributed by atoms with Gasteiger partial charge in [-0.25, -0.2) is 0 Å². The number of hydrogen-bond donors (Lipinski definition) is 1. The number of benzene rings is 1. The zero-order valence-electron chi connectivity index (χ0n) is 17.8. The molecule has 30 heavy (non-hydrogen) atoms. The van der Waals surface area contributed by atoms with Crippen molar-refractivity contribution in [2.75, 3.05) is 31.1 Å². The maximum atomic E-state index is 13.5. The van der Waals surface area contributed by atoms with Crippen molar-refractivity contribution in [3.8, 4) is 0 Å². The maximum Gasteiger partial charge on any atom is 0.256 e. The highest BCUT2D eigenvalue weighted by molar-refractivity contribution is 6.06. The summed E-state index contributed by atoms with van der Waals surface area (Å²) in [7, 11) is 0. The van der Waals surface area contributed by atoms with Gasteiger partial charge in [0.2, 0.25) is 0 Å². The Labute approximate surface area is 177 Å². The van der Waals surface area contributed by atoms with Crippen LogP contribution in [0.1, 0.15) is 47.1 Å². The number of aryl methyl sites for hydroxylation is 2. The summed E-state index contributed by atoms with van der Waals surface area (Å²) >= 11 is 0. The van der Waals surface area contributed by atoms with Crippen molar-refractivity contribution in [1.29, 1.82) is 0 Å². The first-order valence-electron chi connectivity index (χ1n) is 11.1. The number of fused-ring (bicyclic) bond motifs is 3. The van der Waals surface area contributed by atoms with Gasteiger partial charge in [0, 0.05) is 37.3 Å². The topological polar surface area (TPSA) is 65.1 Å². The molecule has 0 bridgehead atoms. The van der Waals surface area contributed by atoms with E-state index in [1.54, 1.807) is 0 Å². The summed E-state index contributed by atoms with van der Waals surface area (Å²) in [6, 6.07) is 10.2. The summed E-state index contributed by atoms with van der Waals surface area (Å²) in [6.45, 7) is 7.39. The first-order chi connectivity index (χ1) is 14.6. The van der Waals surface area contributed by atoms with Crippen molar-refractivity contribution in [1.82, 2.24) is 20.1 Å². The second-order valence-electron chi connectivity index (χ2n) is 8.82. The fraction of sp³-hybridized carbons (Fsp3) is 0.458. The molecule has 3 aromatic rings. The van der Waals surface area contributed by atoms with Crippen LogP contribution < -0.4 is 4.90 Å². The summed E-state index contributed by atoms with van der Waals surface area (Å²) in [4.78, 5) is 21.3. The molecule has 2 aromatic heterocycles. The summed E-state index contributed by atoms with van der Waals surface area (Å²) in [5.74, 6) is 1.73. The Morgan fingerprint density at radius 3 is 2.83 bits per heavy atom. The number of nitrogens with zero attached hydrogens (tertiary/aromatic N) is 4. The average molecular weight is 404 g/mol. The third-order valence-corrected chi connectivity index (χ3v) is 6.59. The van der Waals surface area contributed by atoms with Crippen LogP contribution in [0.4, 0.5) is 5.82 Å². The fourth-order valence-electron chi connectivity index (χ4n) is 4.87. The van der Waals surface area contributed by atoms with Gasteiger partial charge in [-0.3, -0.25) is 4.79 Å². The van der Waals surface area contributed by atoms with Gasteiger partial charge in [-0.05, 0) is 62.3 Å². The van der Waals surface area contributed by atoms with E-state index in [0.29, 0.717) is 12.5 Å². The molecular formula is C24H29N5O. The first-order valence-corrected chi connectivity index (χ1v) is 11.1. The van der Waals surface area contributed by atoms with Gasteiger partial charge in [-0.2, -0.15) is 5.10 Å². The minimum atomic E-state index is 0.129. The van der Waals surface area contributed by atoms with Gasteiger partial charge in [0.05, 0.1) is 16.8 Å². The van der Waals surface area contributed by atoms with Crippen molar-refractivity contribution in [2.45, 2.75) is 39.5 Å². The number of aromatic amines is 1. The van der Waals surface area contributed by atoms with E-state index in [2.05, 4.69) is 33.1 Å². The third-order valence-electron chi connectivity index (χ3n) is 6.59. The van der Waals surface area contributed by atoms with Crippen molar-refractivity contribution >= 4 is 22.6 Å². The van der Waals surface area contributed by atoms with Crippen molar-refractivity contribution in [3.05, 3.63) is 52.8 Å². The zero-order chi connectivity index (χ0) is 20.7. The standard InChI is InChI=1S/C24H29N5O/c1-16-7-9-21-20(15-16)18-5-3-6-19(23(18)25-21)24(30)29-12-4-11-28(13-14-29)22-10-8-17(2)26-27-22/h3,5-6,8,10,16,25H,4,7,9,11-15H2,1-2H3. The van der Waals surface area contributed by atoms with Crippen molar-refractivity contribution in [3.63, 3.8) is 0 Å². The lowest BCUT2D eigenvalue weighted by Crippen LogP contribution is -2.35. The lowest BCUT2D eigenvalue weighted by molar-refractivity contribution is 0.0769. The number of carbonyl (C=O) groups is 1. The van der Waals surface area contributed by atoms with E-state index in [1.165, 1.54) is 23.1 Å². The van der Waals surface area contributed by atoms with Gasteiger partial charge < -0.3 is 14.8 Å². The summed E-state index contributed by atoms with van der Waals surface area (Å²) in [6.07, 6.45) is 4.32. The molecule has 0 saturated carbocycles. The molecule has 1 atom stereocenters. The Hall–Kier alpha value is -2.89. The molecule has 1 fully saturated rings. The Morgan fingerprint density at radius 1 is 1.10 bits per heavy atom. The number of anilines is 1. The van der Waals surface area contributed by atoms with Crippen LogP contribution in [-0.2, 0) is 12.8 Å². The molecule has 1 aliphatic heterocycles. The molecular weight excluding hydrogens is 374 g/mol. The molecule has 1 saturated heterocycles. The Morgan fingerprint density at radius 2 is 2.00 bits per heavy atom. The van der Waals surface area contributed by atoms with Crippen LogP contribution in [0.5, 0.6) is 0 Å². The highest BCUT2D eigenvalue weighted by atomic mass is 16.2. The predicted molar refractivity (Wildman–Crippen MR) is 119 cm³/mol. The third kappa shape index (κ3) is 3.44. The number of aromatic nitrogens is 3.